The largest absolute Gasteiger partial charge is 0.379 e. The molecule has 0 saturated carbocycles. The summed E-state index contributed by atoms with van der Waals surface area (Å²) in [5.41, 5.74) is 13.2. The third-order valence-electron chi connectivity index (χ3n) is 5.24. The van der Waals surface area contributed by atoms with Crippen molar-refractivity contribution in [2.45, 2.75) is 52.6 Å². The van der Waals surface area contributed by atoms with Gasteiger partial charge in [0, 0.05) is 17.8 Å². The minimum atomic E-state index is -0.160. The van der Waals surface area contributed by atoms with Crippen molar-refractivity contribution in [3.8, 4) is 0 Å². The molecule has 0 saturated heterocycles. The van der Waals surface area contributed by atoms with Crippen LogP contribution in [0.25, 0.3) is 6.08 Å². The van der Waals surface area contributed by atoms with E-state index < -0.39 is 0 Å². The Morgan fingerprint density at radius 3 is 2.61 bits per heavy atom. The van der Waals surface area contributed by atoms with Crippen molar-refractivity contribution in [3.05, 3.63) is 99.4 Å². The molecule has 31 heavy (non-hydrogen) atoms. The molecule has 2 atom stereocenters. The first-order chi connectivity index (χ1) is 15.0. The fourth-order valence-electron chi connectivity index (χ4n) is 3.71. The van der Waals surface area contributed by atoms with Gasteiger partial charge in [-0.05, 0) is 70.5 Å². The zero-order valence-electron chi connectivity index (χ0n) is 19.1. The molecular weight excluding hydrogens is 398 g/mol. The first-order valence-corrected chi connectivity index (χ1v) is 11.9. The second-order valence-electron chi connectivity index (χ2n) is 7.26. The van der Waals surface area contributed by atoms with E-state index in [9.17, 15) is 0 Å². The molecule has 3 rings (SSSR count). The van der Waals surface area contributed by atoms with Crippen molar-refractivity contribution < 1.29 is 0 Å². The van der Waals surface area contributed by atoms with Crippen LogP contribution in [0.4, 0.5) is 0 Å². The Balaban J connectivity index is 0.00000166. The molecule has 164 valence electrons. The highest BCUT2D eigenvalue weighted by atomic mass is 32.1. The van der Waals surface area contributed by atoms with Gasteiger partial charge in [-0.3, -0.25) is 0 Å². The van der Waals surface area contributed by atoms with E-state index in [-0.39, 0.29) is 12.1 Å². The molecule has 4 N–H and O–H groups in total. The molecule has 3 nitrogen and oxygen atoms in total. The second kappa shape index (κ2) is 12.2. The fraction of sp³-hybridized carbons (Fsp3) is 0.296. The number of nitrogens with one attached hydrogen (secondary N) is 2. The minimum absolute atomic E-state index is 0.152. The van der Waals surface area contributed by atoms with E-state index in [1.807, 2.05) is 55.6 Å². The van der Waals surface area contributed by atoms with Crippen LogP contribution < -0.4 is 11.1 Å². The van der Waals surface area contributed by atoms with E-state index in [1.165, 1.54) is 5.56 Å². The molecule has 1 aliphatic carbocycles. The van der Waals surface area contributed by atoms with Gasteiger partial charge in [0.15, 0.2) is 0 Å². The summed E-state index contributed by atoms with van der Waals surface area (Å²) >= 11 is 1.65. The van der Waals surface area contributed by atoms with Gasteiger partial charge >= 0.3 is 0 Å². The maximum absolute atomic E-state index is 8.66. The first-order valence-electron chi connectivity index (χ1n) is 11.0. The number of thiophene rings is 1. The Kier molecular flexibility index (Phi) is 9.70. The summed E-state index contributed by atoms with van der Waals surface area (Å²) in [6, 6.07) is 12.4. The molecule has 2 aromatic rings. The molecular formula is C27H35N3S. The van der Waals surface area contributed by atoms with E-state index >= 15 is 0 Å². The Morgan fingerprint density at radius 2 is 2.00 bits per heavy atom. The number of hydrogen-bond donors (Lipinski definition) is 3. The van der Waals surface area contributed by atoms with E-state index in [1.54, 1.807) is 11.3 Å². The van der Waals surface area contributed by atoms with Crippen molar-refractivity contribution in [1.82, 2.24) is 5.32 Å². The Labute approximate surface area is 191 Å². The quantitative estimate of drug-likeness (QED) is 0.391. The van der Waals surface area contributed by atoms with Crippen molar-refractivity contribution in [3.63, 3.8) is 0 Å². The Hall–Kier alpha value is -2.69. The van der Waals surface area contributed by atoms with Gasteiger partial charge in [0.2, 0.25) is 0 Å². The number of hydrogen-bond acceptors (Lipinski definition) is 4. The topological polar surface area (TPSA) is 61.9 Å². The van der Waals surface area contributed by atoms with E-state index in [0.717, 1.165) is 34.4 Å². The zero-order chi connectivity index (χ0) is 22.8. The normalized spacial score (nSPS) is 16.9. The lowest BCUT2D eigenvalue weighted by Crippen LogP contribution is -2.31. The maximum atomic E-state index is 8.66. The summed E-state index contributed by atoms with van der Waals surface area (Å²) in [7, 11) is 0. The highest BCUT2D eigenvalue weighted by Crippen LogP contribution is 2.32. The van der Waals surface area contributed by atoms with Gasteiger partial charge < -0.3 is 16.5 Å². The van der Waals surface area contributed by atoms with Crippen LogP contribution in [-0.4, -0.2) is 11.8 Å². The summed E-state index contributed by atoms with van der Waals surface area (Å²) in [5.74, 6) is 0. The first kappa shape index (κ1) is 24.6. The van der Waals surface area contributed by atoms with Gasteiger partial charge in [-0.1, -0.05) is 69.8 Å². The van der Waals surface area contributed by atoms with Crippen LogP contribution in [0.2, 0.25) is 0 Å². The third-order valence-corrected chi connectivity index (χ3v) is 5.94. The minimum Gasteiger partial charge on any atom is -0.379 e. The average molecular weight is 434 g/mol. The molecule has 0 spiro atoms. The monoisotopic (exact) mass is 433 g/mol. The molecule has 0 bridgehead atoms. The van der Waals surface area contributed by atoms with Crippen molar-refractivity contribution in [1.29, 1.82) is 5.41 Å². The summed E-state index contributed by atoms with van der Waals surface area (Å²) < 4.78 is 0. The fourth-order valence-corrected chi connectivity index (χ4v) is 4.34. The molecule has 2 unspecified atom stereocenters. The molecule has 1 aromatic carbocycles. The van der Waals surface area contributed by atoms with Crippen molar-refractivity contribution in [2.24, 2.45) is 5.73 Å². The van der Waals surface area contributed by atoms with Crippen LogP contribution in [0.3, 0.4) is 0 Å². The smallest absolute Gasteiger partial charge is 0.0590 e. The van der Waals surface area contributed by atoms with Gasteiger partial charge in [-0.2, -0.15) is 11.3 Å². The van der Waals surface area contributed by atoms with E-state index in [2.05, 4.69) is 49.3 Å². The summed E-state index contributed by atoms with van der Waals surface area (Å²) in [6.07, 6.45) is 7.52. The lowest BCUT2D eigenvalue weighted by atomic mass is 9.82. The molecule has 0 fully saturated rings. The standard InChI is InChI=1S/C25H29N3S.C2H6/c1-4-21-22(18(3)28-17(2)20-8-6-5-7-9-20)11-13-24(27)25(21)23(26)12-10-19-14-15-29-16-19;1-2/h5-12,14-17,24,26,28H,3-4,13,27H2,1-2H3;1-2H3/b12-10+,26-23?;. The second-order valence-corrected chi connectivity index (χ2v) is 8.04. The molecule has 1 aliphatic rings. The molecule has 4 heteroatoms. The predicted molar refractivity (Wildman–Crippen MR) is 138 cm³/mol. The van der Waals surface area contributed by atoms with Gasteiger partial charge in [0.05, 0.1) is 5.71 Å². The number of allylic oxidation sites excluding steroid dienone is 2. The van der Waals surface area contributed by atoms with Gasteiger partial charge in [-0.15, -0.1) is 0 Å². The summed E-state index contributed by atoms with van der Waals surface area (Å²) in [6.45, 7) is 12.6. The van der Waals surface area contributed by atoms with E-state index in [4.69, 9.17) is 11.1 Å². The molecule has 1 aromatic heterocycles. The van der Waals surface area contributed by atoms with Gasteiger partial charge in [-0.25, -0.2) is 0 Å². The number of benzene rings is 1. The van der Waals surface area contributed by atoms with Crippen LogP contribution >= 0.6 is 11.3 Å². The van der Waals surface area contributed by atoms with Crippen molar-refractivity contribution >= 4 is 23.1 Å². The highest BCUT2D eigenvalue weighted by molar-refractivity contribution is 7.08. The lowest BCUT2D eigenvalue weighted by Gasteiger charge is -2.29. The average Bonchev–Trinajstić information content (AvgIpc) is 3.32. The summed E-state index contributed by atoms with van der Waals surface area (Å²) in [4.78, 5) is 0. The van der Waals surface area contributed by atoms with Crippen LogP contribution in [-0.2, 0) is 0 Å². The molecule has 0 aliphatic heterocycles. The summed E-state index contributed by atoms with van der Waals surface area (Å²) in [5, 5.41) is 16.3. The van der Waals surface area contributed by atoms with Crippen LogP contribution in [0.15, 0.2) is 88.3 Å². The number of nitrogens with two attached hydrogens (primary N) is 1. The highest BCUT2D eigenvalue weighted by Gasteiger charge is 2.25. The maximum Gasteiger partial charge on any atom is 0.0590 e. The lowest BCUT2D eigenvalue weighted by molar-refractivity contribution is 0.656. The van der Waals surface area contributed by atoms with Crippen LogP contribution in [0.1, 0.15) is 57.7 Å². The Bertz CT molecular complexity index is 950. The van der Waals surface area contributed by atoms with E-state index in [0.29, 0.717) is 12.1 Å². The van der Waals surface area contributed by atoms with Crippen LogP contribution in [0, 0.1) is 5.41 Å². The molecule has 1 heterocycles. The SMILES string of the molecule is C=C(NC(C)c1ccccc1)C1=CCC(N)C(C(=N)/C=C/c2ccsc2)=C1CC.CC. The van der Waals surface area contributed by atoms with Crippen molar-refractivity contribution in [2.75, 3.05) is 0 Å². The number of rotatable bonds is 8. The third kappa shape index (κ3) is 6.39. The molecule has 0 radical (unpaired) electrons. The predicted octanol–water partition coefficient (Wildman–Crippen LogP) is 7.04. The van der Waals surface area contributed by atoms with Gasteiger partial charge in [0.25, 0.3) is 0 Å². The Morgan fingerprint density at radius 1 is 1.29 bits per heavy atom. The zero-order valence-corrected chi connectivity index (χ0v) is 19.9. The van der Waals surface area contributed by atoms with Gasteiger partial charge in [0.1, 0.15) is 0 Å². The van der Waals surface area contributed by atoms with Crippen LogP contribution in [0.5, 0.6) is 0 Å². The molecule has 0 amide bonds.